The lowest BCUT2D eigenvalue weighted by atomic mass is 9.39. The maximum atomic E-state index is 13.8. The first-order valence-electron chi connectivity index (χ1n) is 33.2. The molecule has 1 saturated heterocycles. The molecule has 6 aliphatic rings. The van der Waals surface area contributed by atoms with Gasteiger partial charge in [-0.1, -0.05) is 49.8 Å². The van der Waals surface area contributed by atoms with Crippen molar-refractivity contribution in [3.63, 3.8) is 0 Å². The Morgan fingerprint density at radius 1 is 0.808 bits per heavy atom. The average molecular weight is 1380 g/mol. The second-order valence-corrected chi connectivity index (χ2v) is 28.6. The van der Waals surface area contributed by atoms with E-state index in [-0.39, 0.29) is 115 Å². The van der Waals surface area contributed by atoms with Crippen molar-refractivity contribution < 1.29 is 82.4 Å². The number of rotatable bonds is 29. The lowest BCUT2D eigenvalue weighted by Crippen LogP contribution is -2.64. The van der Waals surface area contributed by atoms with E-state index < -0.39 is 48.4 Å². The van der Waals surface area contributed by atoms with Gasteiger partial charge in [-0.25, -0.2) is 19.6 Å². The molecule has 27 heteroatoms. The molecule has 0 radical (unpaired) electrons. The quantitative estimate of drug-likeness (QED) is 0.0146. The van der Waals surface area contributed by atoms with Gasteiger partial charge in [0.2, 0.25) is 12.2 Å². The molecule has 4 aromatic heterocycles. The van der Waals surface area contributed by atoms with Gasteiger partial charge in [-0.3, -0.25) is 43.9 Å². The van der Waals surface area contributed by atoms with Crippen LogP contribution in [0.1, 0.15) is 117 Å². The van der Waals surface area contributed by atoms with E-state index in [1.165, 1.54) is 46.3 Å². The van der Waals surface area contributed by atoms with Crippen LogP contribution in [0.3, 0.4) is 0 Å². The number of anilines is 1. The number of hydrogen-bond donors (Lipinski definition) is 6. The van der Waals surface area contributed by atoms with E-state index in [2.05, 4.69) is 39.1 Å². The standard InChI is InChI=1S/C72H81N9O17S/c1-42-50(47-17-19-51(76-59(47)43(2)82)44-15-18-52-49(31-44)48(22-23-73-52)64(89)78-67-77-53-11-8-9-12-55(53)99-67)33-75-81(42)41-71-36-69(3)35-70(4,37-71)39-72(38-69,40-71)96-28-26-79(5)68(92)95-34-45-14-16-46(32-54(45)97-66-62(88)60(86)61(87)63(98-66)65(90)91)94-30-29-93-27-24-74-56(83)13-7-6-10-25-80-57(84)20-21-58(80)85/h8-9,11-12,14-23,31-33,60-63,66,86-88H,6-7,10,13,24-30,34-41H2,1-5H3,(H,74,83)(H,90,91)(H,77,78,89)/t60-,61-,62+,63-,66+,69?,70?,71?,72?/m0/s1. The number of carboxylic acids is 1. The molecule has 5 amide bonds. The Morgan fingerprint density at radius 2 is 1.59 bits per heavy atom. The van der Waals surface area contributed by atoms with Crippen LogP contribution in [0, 0.1) is 23.2 Å². The summed E-state index contributed by atoms with van der Waals surface area (Å²) in [6.45, 7) is 9.80. The number of ether oxygens (including phenoxy) is 6. The summed E-state index contributed by atoms with van der Waals surface area (Å²) in [6, 6.07) is 23.3. The SMILES string of the molecule is CC(=O)c1nc(-c2ccc3nccc(C(=O)Nc4nc5ccccc5s4)c3c2)ccc1-c1cnn(CC23CC4(C)CC(C)(C2)CC(OCCN(C)C(=O)OCc2ccc(OCCOCCNC(=O)CCCCCN5C(=O)C=CC5=O)cc2O[C@@H]2O[C@H](C(=O)O)[C@@H](O)[C@H](O)[C@H]2O)(C4)C3)c1C. The first-order valence-corrected chi connectivity index (χ1v) is 34.1. The van der Waals surface area contributed by atoms with Gasteiger partial charge >= 0.3 is 12.1 Å². The number of nitrogens with one attached hydrogen (secondary N) is 2. The van der Waals surface area contributed by atoms with Gasteiger partial charge in [-0.15, -0.1) is 0 Å². The van der Waals surface area contributed by atoms with Gasteiger partial charge in [0.15, 0.2) is 17.0 Å². The van der Waals surface area contributed by atoms with E-state index in [9.17, 15) is 54.0 Å². The number of aliphatic hydroxyl groups excluding tert-OH is 3. The topological polar surface area (TPSA) is 343 Å². The highest BCUT2D eigenvalue weighted by molar-refractivity contribution is 7.22. The fraction of sp³-hybridized carbons (Fsp3) is 0.458. The number of Topliss-reactive ketones (excluding diaryl/α,β-unsaturated/α-hetero) is 1. The van der Waals surface area contributed by atoms with Crippen LogP contribution in [-0.2, 0) is 51.3 Å². The van der Waals surface area contributed by atoms with E-state index in [0.29, 0.717) is 76.5 Å². The Balaban J connectivity index is 0.655. The number of fused-ring (bicyclic) bond motifs is 2. The van der Waals surface area contributed by atoms with Crippen molar-refractivity contribution in [1.29, 1.82) is 0 Å². The maximum absolute atomic E-state index is 13.8. The van der Waals surface area contributed by atoms with Gasteiger partial charge < -0.3 is 59.1 Å². The maximum Gasteiger partial charge on any atom is 0.409 e. The number of ketones is 1. The van der Waals surface area contributed by atoms with Crippen LogP contribution >= 0.6 is 11.3 Å². The summed E-state index contributed by atoms with van der Waals surface area (Å²) in [6.07, 6.45) is 3.30. The molecule has 0 spiro atoms. The molecule has 6 heterocycles. The van der Waals surface area contributed by atoms with Gasteiger partial charge in [0.25, 0.3) is 17.7 Å². The molecule has 4 saturated carbocycles. The number of carbonyl (C=O) groups excluding carboxylic acids is 6. The number of benzene rings is 3. The van der Waals surface area contributed by atoms with Crippen molar-refractivity contribution in [3.8, 4) is 33.9 Å². The van der Waals surface area contributed by atoms with Gasteiger partial charge in [0.05, 0.1) is 58.6 Å². The van der Waals surface area contributed by atoms with Crippen LogP contribution in [-0.4, -0.2) is 186 Å². The van der Waals surface area contributed by atoms with E-state index in [1.54, 1.807) is 31.4 Å². The second-order valence-electron chi connectivity index (χ2n) is 27.6. The number of amides is 5. The summed E-state index contributed by atoms with van der Waals surface area (Å²) in [7, 11) is 1.60. The molecule has 13 rings (SSSR count). The summed E-state index contributed by atoms with van der Waals surface area (Å²) >= 11 is 1.40. The number of pyridine rings is 2. The predicted octanol–water partition coefficient (Wildman–Crippen LogP) is 8.21. The van der Waals surface area contributed by atoms with Crippen LogP contribution in [0.5, 0.6) is 11.5 Å². The third-order valence-electron chi connectivity index (χ3n) is 19.4. The summed E-state index contributed by atoms with van der Waals surface area (Å²) in [5.41, 5.74) is 5.31. The zero-order valence-corrected chi connectivity index (χ0v) is 56.6. The van der Waals surface area contributed by atoms with Gasteiger partial charge in [-0.2, -0.15) is 5.10 Å². The summed E-state index contributed by atoms with van der Waals surface area (Å²) < 4.78 is 38.8. The molecule has 4 bridgehead atoms. The molecular formula is C72H81N9O17S. The van der Waals surface area contributed by atoms with E-state index >= 15 is 0 Å². The number of para-hydroxylation sites is 1. The lowest BCUT2D eigenvalue weighted by Gasteiger charge is -2.69. The Labute approximate surface area is 574 Å². The van der Waals surface area contributed by atoms with Gasteiger partial charge in [-0.05, 0) is 129 Å². The second kappa shape index (κ2) is 29.0. The minimum Gasteiger partial charge on any atom is -0.491 e. The molecule has 5 fully saturated rings. The largest absolute Gasteiger partial charge is 0.491 e. The monoisotopic (exact) mass is 1380 g/mol. The molecule has 522 valence electrons. The molecule has 99 heavy (non-hydrogen) atoms. The number of carbonyl (C=O) groups is 7. The van der Waals surface area contributed by atoms with Crippen molar-refractivity contribution in [2.75, 3.05) is 58.4 Å². The molecule has 26 nitrogen and oxygen atoms in total. The summed E-state index contributed by atoms with van der Waals surface area (Å²) in [4.78, 5) is 106. The molecule has 2 unspecified atom stereocenters. The molecular weight excluding hydrogens is 1290 g/mol. The van der Waals surface area contributed by atoms with Gasteiger partial charge in [0, 0.05) is 104 Å². The first-order chi connectivity index (χ1) is 47.4. The minimum absolute atomic E-state index is 0.0234. The zero-order chi connectivity index (χ0) is 70.0. The van der Waals surface area contributed by atoms with Crippen molar-refractivity contribution in [1.82, 2.24) is 39.8 Å². The highest BCUT2D eigenvalue weighted by Crippen LogP contribution is 2.72. The number of likely N-dealkylation sites (N-methyl/N-ethyl adjacent to an activating group) is 1. The Bertz CT molecular complexity index is 4220. The molecule has 7 atom stereocenters. The summed E-state index contributed by atoms with van der Waals surface area (Å²) in [5, 5.41) is 53.4. The number of nitrogens with zero attached hydrogens (tertiary/aromatic N) is 7. The number of aromatic nitrogens is 5. The van der Waals surface area contributed by atoms with E-state index in [1.807, 2.05) is 67.7 Å². The lowest BCUT2D eigenvalue weighted by molar-refractivity contribution is -0.271. The highest BCUT2D eigenvalue weighted by atomic mass is 32.1. The number of aliphatic carboxylic acids is 1. The molecule has 2 aliphatic heterocycles. The number of carboxylic acid groups (broad SMARTS) is 1. The van der Waals surface area contributed by atoms with Crippen LogP contribution in [0.4, 0.5) is 9.93 Å². The number of thiazole rings is 1. The fourth-order valence-electron chi connectivity index (χ4n) is 16.0. The van der Waals surface area contributed by atoms with Crippen LogP contribution in [0.15, 0.2) is 103 Å². The average Bonchev–Trinajstić information content (AvgIpc) is 1.53. The number of hydrogen-bond acceptors (Lipinski definition) is 21. The first kappa shape index (κ1) is 69.8. The normalized spacial score (nSPS) is 24.6. The molecule has 4 aliphatic carbocycles. The van der Waals surface area contributed by atoms with Crippen LogP contribution < -0.4 is 20.1 Å². The Morgan fingerprint density at radius 3 is 2.34 bits per heavy atom. The zero-order valence-electron chi connectivity index (χ0n) is 55.8. The molecule has 7 aromatic rings. The summed E-state index contributed by atoms with van der Waals surface area (Å²) in [5.74, 6) is -2.78. The minimum atomic E-state index is -1.97. The number of aliphatic hydroxyl groups is 3. The van der Waals surface area contributed by atoms with E-state index in [4.69, 9.17) is 38.5 Å². The fourth-order valence-corrected chi connectivity index (χ4v) is 16.8. The van der Waals surface area contributed by atoms with Gasteiger partial charge in [0.1, 0.15) is 48.7 Å². The van der Waals surface area contributed by atoms with Crippen molar-refractivity contribution in [2.45, 2.75) is 141 Å². The van der Waals surface area contributed by atoms with Crippen LogP contribution in [0.2, 0.25) is 0 Å². The van der Waals surface area contributed by atoms with Crippen molar-refractivity contribution in [3.05, 3.63) is 126 Å². The highest BCUT2D eigenvalue weighted by Gasteiger charge is 2.66. The molecule has 6 N–H and O–H groups in total. The Hall–Kier alpha value is -9.09. The molecule has 3 aromatic carbocycles. The van der Waals surface area contributed by atoms with Crippen molar-refractivity contribution >= 4 is 79.1 Å². The Kier molecular flexibility index (Phi) is 20.5. The third kappa shape index (κ3) is 15.5. The van der Waals surface area contributed by atoms with Crippen LogP contribution in [0.25, 0.3) is 43.5 Å². The predicted molar refractivity (Wildman–Crippen MR) is 361 cm³/mol. The smallest absolute Gasteiger partial charge is 0.409 e. The van der Waals surface area contributed by atoms with Crippen molar-refractivity contribution in [2.24, 2.45) is 16.2 Å². The van der Waals surface area contributed by atoms with E-state index in [0.717, 1.165) is 60.0 Å². The third-order valence-corrected chi connectivity index (χ3v) is 20.4. The number of imide groups is 1. The number of unbranched alkanes of at least 4 members (excludes halogenated alkanes) is 2.